The lowest BCUT2D eigenvalue weighted by Gasteiger charge is -2.11. The quantitative estimate of drug-likeness (QED) is 0.734. The van der Waals surface area contributed by atoms with Crippen molar-refractivity contribution in [2.75, 3.05) is 27.2 Å². The van der Waals surface area contributed by atoms with Gasteiger partial charge < -0.3 is 9.64 Å². The molecule has 0 aliphatic heterocycles. The highest BCUT2D eigenvalue weighted by atomic mass is 35.5. The molecule has 2 nitrogen and oxygen atoms in total. The van der Waals surface area contributed by atoms with E-state index in [1.807, 2.05) is 36.4 Å². The van der Waals surface area contributed by atoms with Crippen LogP contribution >= 0.6 is 11.6 Å². The van der Waals surface area contributed by atoms with E-state index in [-0.39, 0.29) is 0 Å². The van der Waals surface area contributed by atoms with Gasteiger partial charge in [0.2, 0.25) is 0 Å². The van der Waals surface area contributed by atoms with Crippen LogP contribution in [-0.4, -0.2) is 32.1 Å². The molecule has 0 unspecified atom stereocenters. The van der Waals surface area contributed by atoms with Gasteiger partial charge in [-0.15, -0.1) is 0 Å². The summed E-state index contributed by atoms with van der Waals surface area (Å²) in [5, 5.41) is 0.723. The number of ether oxygens (including phenoxy) is 1. The minimum absolute atomic E-state index is 0.708. The minimum Gasteiger partial charge on any atom is -0.493 e. The van der Waals surface area contributed by atoms with Crippen molar-refractivity contribution in [3.8, 4) is 16.9 Å². The van der Waals surface area contributed by atoms with Crippen LogP contribution in [0.5, 0.6) is 5.75 Å². The zero-order valence-corrected chi connectivity index (χ0v) is 12.7. The Hall–Kier alpha value is -1.51. The van der Waals surface area contributed by atoms with Gasteiger partial charge in [-0.2, -0.15) is 0 Å². The van der Waals surface area contributed by atoms with Gasteiger partial charge in [0.25, 0.3) is 0 Å². The highest BCUT2D eigenvalue weighted by Gasteiger charge is 2.05. The van der Waals surface area contributed by atoms with Gasteiger partial charge in [-0.1, -0.05) is 41.9 Å². The number of halogens is 1. The summed E-state index contributed by atoms with van der Waals surface area (Å²) in [6, 6.07) is 16.0. The summed E-state index contributed by atoms with van der Waals surface area (Å²) in [6.45, 7) is 1.73. The highest BCUT2D eigenvalue weighted by Crippen LogP contribution is 2.30. The Morgan fingerprint density at radius 1 is 1.05 bits per heavy atom. The van der Waals surface area contributed by atoms with Crippen molar-refractivity contribution in [1.82, 2.24) is 4.90 Å². The van der Waals surface area contributed by atoms with E-state index in [4.69, 9.17) is 16.3 Å². The van der Waals surface area contributed by atoms with Crippen LogP contribution in [0.15, 0.2) is 48.5 Å². The van der Waals surface area contributed by atoms with E-state index in [2.05, 4.69) is 31.1 Å². The standard InChI is InChI=1S/C17H20ClNO/c1-19(2)11-6-12-20-15-9-10-16(17(18)13-15)14-7-4-3-5-8-14/h3-5,7-10,13H,6,11-12H2,1-2H3. The first-order valence-electron chi connectivity index (χ1n) is 6.79. The molecule has 0 saturated heterocycles. The van der Waals surface area contributed by atoms with E-state index in [1.54, 1.807) is 0 Å². The van der Waals surface area contributed by atoms with E-state index in [0.29, 0.717) is 6.61 Å². The maximum Gasteiger partial charge on any atom is 0.120 e. The molecule has 0 fully saturated rings. The van der Waals surface area contributed by atoms with Crippen molar-refractivity contribution < 1.29 is 4.74 Å². The molecule has 0 amide bonds. The second kappa shape index (κ2) is 7.32. The molecule has 3 heteroatoms. The molecule has 0 spiro atoms. The monoisotopic (exact) mass is 289 g/mol. The van der Waals surface area contributed by atoms with Crippen molar-refractivity contribution in [2.24, 2.45) is 0 Å². The van der Waals surface area contributed by atoms with Gasteiger partial charge in [-0.3, -0.25) is 0 Å². The second-order valence-corrected chi connectivity index (χ2v) is 5.42. The Kier molecular flexibility index (Phi) is 5.45. The van der Waals surface area contributed by atoms with Crippen molar-refractivity contribution in [3.05, 3.63) is 53.6 Å². The molecule has 0 N–H and O–H groups in total. The molecular formula is C17H20ClNO. The second-order valence-electron chi connectivity index (χ2n) is 5.01. The molecule has 0 heterocycles. The van der Waals surface area contributed by atoms with Gasteiger partial charge in [-0.05, 0) is 44.3 Å². The predicted molar refractivity (Wildman–Crippen MR) is 85.6 cm³/mol. The zero-order valence-electron chi connectivity index (χ0n) is 12.0. The Labute approximate surface area is 125 Å². The maximum atomic E-state index is 6.34. The summed E-state index contributed by atoms with van der Waals surface area (Å²) < 4.78 is 5.72. The number of benzene rings is 2. The molecule has 0 radical (unpaired) electrons. The van der Waals surface area contributed by atoms with Gasteiger partial charge in [0.15, 0.2) is 0 Å². The molecule has 0 atom stereocenters. The molecule has 0 bridgehead atoms. The first-order valence-corrected chi connectivity index (χ1v) is 7.17. The average Bonchev–Trinajstić information content (AvgIpc) is 2.44. The fourth-order valence-electron chi connectivity index (χ4n) is 2.01. The van der Waals surface area contributed by atoms with Crippen LogP contribution in [0.25, 0.3) is 11.1 Å². The number of rotatable bonds is 6. The largest absolute Gasteiger partial charge is 0.493 e. The molecule has 20 heavy (non-hydrogen) atoms. The van der Waals surface area contributed by atoms with Crippen LogP contribution in [0.2, 0.25) is 5.02 Å². The molecule has 2 aromatic carbocycles. The molecular weight excluding hydrogens is 270 g/mol. The fourth-order valence-corrected chi connectivity index (χ4v) is 2.29. The summed E-state index contributed by atoms with van der Waals surface area (Å²) in [5.41, 5.74) is 2.16. The zero-order chi connectivity index (χ0) is 14.4. The van der Waals surface area contributed by atoms with Crippen LogP contribution < -0.4 is 4.74 Å². The Balaban J connectivity index is 1.99. The normalized spacial score (nSPS) is 10.8. The Morgan fingerprint density at radius 3 is 2.45 bits per heavy atom. The Morgan fingerprint density at radius 2 is 1.80 bits per heavy atom. The smallest absolute Gasteiger partial charge is 0.120 e. The summed E-state index contributed by atoms with van der Waals surface area (Å²) in [6.07, 6.45) is 1.01. The van der Waals surface area contributed by atoms with Gasteiger partial charge in [0, 0.05) is 12.1 Å². The number of hydrogen-bond donors (Lipinski definition) is 0. The molecule has 0 aromatic heterocycles. The molecule has 2 aromatic rings. The molecule has 0 saturated carbocycles. The Bertz CT molecular complexity index is 540. The van der Waals surface area contributed by atoms with Crippen molar-refractivity contribution >= 4 is 11.6 Å². The van der Waals surface area contributed by atoms with E-state index in [0.717, 1.165) is 34.9 Å². The molecule has 106 valence electrons. The van der Waals surface area contributed by atoms with Gasteiger partial charge in [0.05, 0.1) is 11.6 Å². The number of nitrogens with zero attached hydrogens (tertiary/aromatic N) is 1. The number of hydrogen-bond acceptors (Lipinski definition) is 2. The van der Waals surface area contributed by atoms with E-state index in [9.17, 15) is 0 Å². The topological polar surface area (TPSA) is 12.5 Å². The van der Waals surface area contributed by atoms with Gasteiger partial charge in [-0.25, -0.2) is 0 Å². The fraction of sp³-hybridized carbons (Fsp3) is 0.294. The van der Waals surface area contributed by atoms with Crippen molar-refractivity contribution in [1.29, 1.82) is 0 Å². The van der Waals surface area contributed by atoms with Crippen molar-refractivity contribution in [3.63, 3.8) is 0 Å². The lowest BCUT2D eigenvalue weighted by molar-refractivity contribution is 0.281. The molecule has 0 aliphatic carbocycles. The summed E-state index contributed by atoms with van der Waals surface area (Å²) in [7, 11) is 4.12. The van der Waals surface area contributed by atoms with Crippen LogP contribution in [0.1, 0.15) is 6.42 Å². The van der Waals surface area contributed by atoms with Crippen molar-refractivity contribution in [2.45, 2.75) is 6.42 Å². The van der Waals surface area contributed by atoms with E-state index < -0.39 is 0 Å². The summed E-state index contributed by atoms with van der Waals surface area (Å²) in [5.74, 6) is 0.827. The van der Waals surface area contributed by atoms with Crippen LogP contribution in [0, 0.1) is 0 Å². The summed E-state index contributed by atoms with van der Waals surface area (Å²) >= 11 is 6.34. The lowest BCUT2D eigenvalue weighted by atomic mass is 10.1. The third-order valence-electron chi connectivity index (χ3n) is 3.04. The highest BCUT2D eigenvalue weighted by molar-refractivity contribution is 6.33. The van der Waals surface area contributed by atoms with Gasteiger partial charge >= 0.3 is 0 Å². The SMILES string of the molecule is CN(C)CCCOc1ccc(-c2ccccc2)c(Cl)c1. The van der Waals surface area contributed by atoms with Crippen LogP contribution in [-0.2, 0) is 0 Å². The van der Waals surface area contributed by atoms with E-state index >= 15 is 0 Å². The summed E-state index contributed by atoms with van der Waals surface area (Å²) in [4.78, 5) is 2.15. The predicted octanol–water partition coefficient (Wildman–Crippen LogP) is 4.34. The van der Waals surface area contributed by atoms with Crippen LogP contribution in [0.4, 0.5) is 0 Å². The van der Waals surface area contributed by atoms with Crippen LogP contribution in [0.3, 0.4) is 0 Å². The maximum absolute atomic E-state index is 6.34. The first kappa shape index (κ1) is 14.9. The molecule has 0 aliphatic rings. The van der Waals surface area contributed by atoms with E-state index in [1.165, 1.54) is 0 Å². The first-order chi connectivity index (χ1) is 9.66. The lowest BCUT2D eigenvalue weighted by Crippen LogP contribution is -2.15. The van der Waals surface area contributed by atoms with Gasteiger partial charge in [0.1, 0.15) is 5.75 Å². The third kappa shape index (κ3) is 4.26. The molecule has 2 rings (SSSR count). The minimum atomic E-state index is 0.708. The third-order valence-corrected chi connectivity index (χ3v) is 3.36. The average molecular weight is 290 g/mol.